The number of halogens is 3. The molecule has 6 heteroatoms. The third-order valence-corrected chi connectivity index (χ3v) is 3.76. The van der Waals surface area contributed by atoms with Gasteiger partial charge in [0.1, 0.15) is 0 Å². The molecule has 0 saturated carbocycles. The quantitative estimate of drug-likeness (QED) is 0.819. The van der Waals surface area contributed by atoms with Gasteiger partial charge in [-0.1, -0.05) is 38.1 Å². The first kappa shape index (κ1) is 18.0. The van der Waals surface area contributed by atoms with Crippen LogP contribution < -0.4 is 11.1 Å². The van der Waals surface area contributed by atoms with Crippen molar-refractivity contribution in [2.45, 2.75) is 25.8 Å². The fraction of sp³-hybridized carbons (Fsp3) is 0.278. The normalized spacial score (nSPS) is 12.3. The monoisotopic (exact) mass is 336 g/mol. The number of carbonyl (C=O) groups excluding carboxylic acids is 1. The Hall–Kier alpha value is -2.34. The summed E-state index contributed by atoms with van der Waals surface area (Å²) < 4.78 is 39.2. The molecule has 2 aromatic carbocycles. The Kier molecular flexibility index (Phi) is 5.62. The van der Waals surface area contributed by atoms with E-state index in [2.05, 4.69) is 19.2 Å². The molecule has 2 rings (SSSR count). The van der Waals surface area contributed by atoms with Crippen LogP contribution in [-0.2, 0) is 0 Å². The zero-order valence-corrected chi connectivity index (χ0v) is 13.4. The Bertz CT molecular complexity index is 707. The maximum Gasteiger partial charge on any atom is 0.251 e. The molecule has 1 amide bonds. The van der Waals surface area contributed by atoms with Crippen LogP contribution in [0.2, 0.25) is 0 Å². The molecule has 1 atom stereocenters. The van der Waals surface area contributed by atoms with Gasteiger partial charge >= 0.3 is 0 Å². The van der Waals surface area contributed by atoms with Gasteiger partial charge in [-0.25, -0.2) is 13.2 Å². The van der Waals surface area contributed by atoms with E-state index in [0.29, 0.717) is 18.1 Å². The van der Waals surface area contributed by atoms with E-state index in [1.165, 1.54) is 5.56 Å². The maximum absolute atomic E-state index is 13.1. The molecule has 0 fully saturated rings. The second-order valence-corrected chi connectivity index (χ2v) is 5.89. The van der Waals surface area contributed by atoms with Crippen LogP contribution in [0.3, 0.4) is 0 Å². The van der Waals surface area contributed by atoms with Crippen molar-refractivity contribution < 1.29 is 18.0 Å². The summed E-state index contributed by atoms with van der Waals surface area (Å²) in [6.07, 6.45) is 0. The van der Waals surface area contributed by atoms with Gasteiger partial charge in [-0.3, -0.25) is 4.79 Å². The summed E-state index contributed by atoms with van der Waals surface area (Å²) in [5, 5.41) is 2.49. The van der Waals surface area contributed by atoms with Crippen LogP contribution >= 0.6 is 0 Å². The SMILES string of the molecule is CC(C)c1ccc(C(N)CNC(=O)c2cc(F)c(F)c(F)c2)cc1. The summed E-state index contributed by atoms with van der Waals surface area (Å²) in [7, 11) is 0. The van der Waals surface area contributed by atoms with Crippen LogP contribution in [0.1, 0.15) is 47.3 Å². The van der Waals surface area contributed by atoms with Crippen molar-refractivity contribution in [1.82, 2.24) is 5.32 Å². The Morgan fingerprint density at radius 2 is 1.54 bits per heavy atom. The summed E-state index contributed by atoms with van der Waals surface area (Å²) in [4.78, 5) is 11.9. The highest BCUT2D eigenvalue weighted by Gasteiger charge is 2.16. The van der Waals surface area contributed by atoms with E-state index in [9.17, 15) is 18.0 Å². The van der Waals surface area contributed by atoms with Gasteiger partial charge in [0.25, 0.3) is 5.91 Å². The van der Waals surface area contributed by atoms with Crippen LogP contribution in [0.25, 0.3) is 0 Å². The minimum atomic E-state index is -1.60. The largest absolute Gasteiger partial charge is 0.350 e. The topological polar surface area (TPSA) is 55.1 Å². The lowest BCUT2D eigenvalue weighted by Gasteiger charge is -2.15. The first-order valence-corrected chi connectivity index (χ1v) is 7.57. The number of hydrogen-bond acceptors (Lipinski definition) is 2. The molecule has 128 valence electrons. The van der Waals surface area contributed by atoms with E-state index in [0.717, 1.165) is 5.56 Å². The highest BCUT2D eigenvalue weighted by molar-refractivity contribution is 5.94. The van der Waals surface area contributed by atoms with Crippen molar-refractivity contribution in [1.29, 1.82) is 0 Å². The molecule has 3 nitrogen and oxygen atoms in total. The molecule has 0 aliphatic heterocycles. The van der Waals surface area contributed by atoms with Crippen molar-refractivity contribution in [3.63, 3.8) is 0 Å². The van der Waals surface area contributed by atoms with Crippen molar-refractivity contribution in [3.8, 4) is 0 Å². The summed E-state index contributed by atoms with van der Waals surface area (Å²) in [6.45, 7) is 4.24. The van der Waals surface area contributed by atoms with Gasteiger partial charge < -0.3 is 11.1 Å². The predicted octanol–water partition coefficient (Wildman–Crippen LogP) is 3.66. The van der Waals surface area contributed by atoms with Gasteiger partial charge in [0.15, 0.2) is 17.5 Å². The summed E-state index contributed by atoms with van der Waals surface area (Å²) in [5.74, 6) is -4.74. The fourth-order valence-electron chi connectivity index (χ4n) is 2.24. The van der Waals surface area contributed by atoms with Gasteiger partial charge in [-0.05, 0) is 29.2 Å². The molecule has 0 aliphatic carbocycles. The highest BCUT2D eigenvalue weighted by Crippen LogP contribution is 2.18. The number of amides is 1. The van der Waals surface area contributed by atoms with E-state index in [1.54, 1.807) is 0 Å². The number of nitrogens with two attached hydrogens (primary N) is 1. The Morgan fingerprint density at radius 1 is 1.04 bits per heavy atom. The van der Waals surface area contributed by atoms with E-state index in [-0.39, 0.29) is 12.1 Å². The van der Waals surface area contributed by atoms with Crippen LogP contribution in [0.15, 0.2) is 36.4 Å². The van der Waals surface area contributed by atoms with E-state index in [4.69, 9.17) is 5.73 Å². The zero-order chi connectivity index (χ0) is 17.9. The Labute approximate surface area is 138 Å². The average molecular weight is 336 g/mol. The molecular formula is C18H19F3N2O. The van der Waals surface area contributed by atoms with Crippen molar-refractivity contribution >= 4 is 5.91 Å². The van der Waals surface area contributed by atoms with E-state index < -0.39 is 29.4 Å². The number of benzene rings is 2. The molecule has 1 unspecified atom stereocenters. The molecule has 2 aromatic rings. The van der Waals surface area contributed by atoms with Crippen molar-refractivity contribution in [3.05, 3.63) is 70.5 Å². The van der Waals surface area contributed by atoms with Gasteiger partial charge in [0.05, 0.1) is 0 Å². The number of nitrogens with one attached hydrogen (secondary N) is 1. The Morgan fingerprint density at radius 3 is 2.04 bits per heavy atom. The lowest BCUT2D eigenvalue weighted by Crippen LogP contribution is -2.32. The van der Waals surface area contributed by atoms with Crippen LogP contribution in [0, 0.1) is 17.5 Å². The molecule has 0 aromatic heterocycles. The third kappa shape index (κ3) is 4.14. The van der Waals surface area contributed by atoms with E-state index >= 15 is 0 Å². The van der Waals surface area contributed by atoms with Crippen molar-refractivity contribution in [2.75, 3.05) is 6.54 Å². The number of rotatable bonds is 5. The molecule has 0 saturated heterocycles. The minimum Gasteiger partial charge on any atom is -0.350 e. The molecule has 0 spiro atoms. The molecule has 0 bridgehead atoms. The molecule has 0 aliphatic rings. The first-order chi connectivity index (χ1) is 11.3. The minimum absolute atomic E-state index is 0.0838. The molecular weight excluding hydrogens is 317 g/mol. The number of carbonyl (C=O) groups is 1. The third-order valence-electron chi connectivity index (χ3n) is 3.76. The second-order valence-electron chi connectivity index (χ2n) is 5.89. The maximum atomic E-state index is 13.1. The van der Waals surface area contributed by atoms with Gasteiger partial charge in [0.2, 0.25) is 0 Å². The molecule has 3 N–H and O–H groups in total. The fourth-order valence-corrected chi connectivity index (χ4v) is 2.24. The van der Waals surface area contributed by atoms with E-state index in [1.807, 2.05) is 24.3 Å². The van der Waals surface area contributed by atoms with Gasteiger partial charge in [0, 0.05) is 18.2 Å². The Balaban J connectivity index is 2.00. The van der Waals surface area contributed by atoms with Crippen LogP contribution in [0.5, 0.6) is 0 Å². The zero-order valence-electron chi connectivity index (χ0n) is 13.4. The van der Waals surface area contributed by atoms with Crippen LogP contribution in [-0.4, -0.2) is 12.5 Å². The molecule has 24 heavy (non-hydrogen) atoms. The second kappa shape index (κ2) is 7.49. The highest BCUT2D eigenvalue weighted by atomic mass is 19.2. The van der Waals surface area contributed by atoms with Crippen molar-refractivity contribution in [2.24, 2.45) is 5.73 Å². The average Bonchev–Trinajstić information content (AvgIpc) is 2.56. The number of hydrogen-bond donors (Lipinski definition) is 2. The summed E-state index contributed by atoms with van der Waals surface area (Å²) in [6, 6.07) is 8.52. The lowest BCUT2D eigenvalue weighted by atomic mass is 9.99. The molecule has 0 heterocycles. The lowest BCUT2D eigenvalue weighted by molar-refractivity contribution is 0.0950. The first-order valence-electron chi connectivity index (χ1n) is 7.57. The van der Waals surface area contributed by atoms with Gasteiger partial charge in [-0.2, -0.15) is 0 Å². The standard InChI is InChI=1S/C18H19F3N2O/c1-10(2)11-3-5-12(6-4-11)16(22)9-23-18(24)13-7-14(19)17(21)15(20)8-13/h3-8,10,16H,9,22H2,1-2H3,(H,23,24). The van der Waals surface area contributed by atoms with Gasteiger partial charge in [-0.15, -0.1) is 0 Å². The molecule has 0 radical (unpaired) electrons. The summed E-state index contributed by atoms with van der Waals surface area (Å²) in [5.41, 5.74) is 7.71. The van der Waals surface area contributed by atoms with Crippen LogP contribution in [0.4, 0.5) is 13.2 Å². The smallest absolute Gasteiger partial charge is 0.251 e. The predicted molar refractivity (Wildman–Crippen MR) is 86.1 cm³/mol. The summed E-state index contributed by atoms with van der Waals surface area (Å²) >= 11 is 0.